The number of ether oxygens (including phenoxy) is 1. The minimum Gasteiger partial charge on any atom is -0.379 e. The number of rotatable bonds is 8. The summed E-state index contributed by atoms with van der Waals surface area (Å²) in [7, 11) is 0. The molecule has 0 spiro atoms. The molecule has 3 aliphatic rings. The molecule has 3 heterocycles. The highest BCUT2D eigenvalue weighted by molar-refractivity contribution is 6.32. The van der Waals surface area contributed by atoms with Crippen molar-refractivity contribution in [3.8, 4) is 0 Å². The summed E-state index contributed by atoms with van der Waals surface area (Å²) >= 11 is 6.36. The molecule has 2 aromatic heterocycles. The minimum atomic E-state index is -0.247. The smallest absolute Gasteiger partial charge is 0.229 e. The number of halogens is 1. The van der Waals surface area contributed by atoms with Crippen molar-refractivity contribution in [1.29, 1.82) is 0 Å². The third kappa shape index (κ3) is 4.53. The second-order valence-electron chi connectivity index (χ2n) is 8.89. The van der Waals surface area contributed by atoms with Gasteiger partial charge in [-0.1, -0.05) is 11.6 Å². The third-order valence-electron chi connectivity index (χ3n) is 6.93. The van der Waals surface area contributed by atoms with E-state index in [9.17, 15) is 4.79 Å². The summed E-state index contributed by atoms with van der Waals surface area (Å²) in [5.74, 6) is 1.29. The zero-order valence-electron chi connectivity index (χ0n) is 17.9. The van der Waals surface area contributed by atoms with Gasteiger partial charge in [0.15, 0.2) is 5.82 Å². The first-order valence-electron chi connectivity index (χ1n) is 11.2. The molecule has 2 saturated carbocycles. The maximum absolute atomic E-state index is 12.0. The van der Waals surface area contributed by atoms with Crippen LogP contribution >= 0.6 is 11.6 Å². The zero-order valence-corrected chi connectivity index (χ0v) is 18.7. The van der Waals surface area contributed by atoms with Crippen molar-refractivity contribution >= 4 is 35.0 Å². The van der Waals surface area contributed by atoms with Crippen LogP contribution in [0.25, 0.3) is 0 Å². The number of nitrogens with two attached hydrogens (primary N) is 1. The van der Waals surface area contributed by atoms with Crippen molar-refractivity contribution in [3.05, 3.63) is 23.6 Å². The Hall–Kier alpha value is -2.43. The van der Waals surface area contributed by atoms with E-state index in [0.29, 0.717) is 28.6 Å². The highest BCUT2D eigenvalue weighted by atomic mass is 35.5. The number of hydrogen-bond donors (Lipinski definition) is 3. The number of aromatic nitrogens is 4. The monoisotopic (exact) mass is 460 g/mol. The van der Waals surface area contributed by atoms with Crippen LogP contribution in [0.15, 0.2) is 18.6 Å². The van der Waals surface area contributed by atoms with Gasteiger partial charge in [0.05, 0.1) is 43.8 Å². The fourth-order valence-electron chi connectivity index (χ4n) is 5.34. The van der Waals surface area contributed by atoms with Crippen LogP contribution in [0.3, 0.4) is 0 Å². The number of fused-ring (bicyclic) bond motifs is 2. The molecule has 172 valence electrons. The largest absolute Gasteiger partial charge is 0.379 e. The lowest BCUT2D eigenvalue weighted by Crippen LogP contribution is -2.42. The van der Waals surface area contributed by atoms with E-state index < -0.39 is 0 Å². The van der Waals surface area contributed by atoms with E-state index >= 15 is 0 Å². The molecule has 10 nitrogen and oxygen atoms in total. The second-order valence-corrected chi connectivity index (χ2v) is 9.30. The summed E-state index contributed by atoms with van der Waals surface area (Å²) in [5.41, 5.74) is 6.50. The molecule has 0 radical (unpaired) electrons. The Morgan fingerprint density at radius 1 is 1.22 bits per heavy atom. The van der Waals surface area contributed by atoms with Gasteiger partial charge in [-0.2, -0.15) is 10.1 Å². The molecule has 2 aromatic rings. The minimum absolute atomic E-state index is 0.0329. The summed E-state index contributed by atoms with van der Waals surface area (Å²) in [6, 6.07) is -0.0329. The first kappa shape index (κ1) is 21.4. The SMILES string of the molecule is NC(=O)[C@@H]1[C@H]2CC[C@H](C2)[C@@H]1Nc1nc(Nc2cnn(CCN3CCOCC3)c2)ncc1Cl. The van der Waals surface area contributed by atoms with E-state index in [1.54, 1.807) is 12.4 Å². The molecule has 4 N–H and O–H groups in total. The molecular formula is C21H29ClN8O2. The summed E-state index contributed by atoms with van der Waals surface area (Å²) < 4.78 is 7.29. The van der Waals surface area contributed by atoms with Crippen molar-refractivity contribution in [2.24, 2.45) is 23.5 Å². The zero-order chi connectivity index (χ0) is 22.1. The number of carbonyl (C=O) groups is 1. The standard InChI is InChI=1S/C21H29ClN8O2/c22-16-11-24-21(26-15-10-25-30(12-15)4-3-29-5-7-32-8-6-29)28-20(16)27-18-14-2-1-13(9-14)17(18)19(23)31/h10-14,17-18H,1-9H2,(H2,23,31)(H2,24,26,27,28)/t13-,14+,17+,18-/m0/s1. The van der Waals surface area contributed by atoms with Crippen molar-refractivity contribution in [2.75, 3.05) is 43.5 Å². The Morgan fingerprint density at radius 3 is 2.84 bits per heavy atom. The lowest BCUT2D eigenvalue weighted by Gasteiger charge is -2.30. The number of nitrogens with zero attached hydrogens (tertiary/aromatic N) is 5. The molecule has 0 aromatic carbocycles. The molecule has 5 rings (SSSR count). The molecule has 11 heteroatoms. The fourth-order valence-corrected chi connectivity index (χ4v) is 5.49. The molecule has 1 aliphatic heterocycles. The maximum Gasteiger partial charge on any atom is 0.229 e. The predicted octanol–water partition coefficient (Wildman–Crippen LogP) is 1.71. The third-order valence-corrected chi connectivity index (χ3v) is 7.21. The van der Waals surface area contributed by atoms with Crippen molar-refractivity contribution < 1.29 is 9.53 Å². The average molecular weight is 461 g/mol. The number of hydrogen-bond acceptors (Lipinski definition) is 8. The predicted molar refractivity (Wildman–Crippen MR) is 121 cm³/mol. The van der Waals surface area contributed by atoms with Gasteiger partial charge >= 0.3 is 0 Å². The van der Waals surface area contributed by atoms with Crippen LogP contribution < -0.4 is 16.4 Å². The molecule has 0 unspecified atom stereocenters. The Balaban J connectivity index is 1.22. The lowest BCUT2D eigenvalue weighted by atomic mass is 9.84. The molecular weight excluding hydrogens is 432 g/mol. The van der Waals surface area contributed by atoms with Gasteiger partial charge in [0.2, 0.25) is 11.9 Å². The van der Waals surface area contributed by atoms with Gasteiger partial charge < -0.3 is 21.1 Å². The highest BCUT2D eigenvalue weighted by Crippen LogP contribution is 2.49. The Kier molecular flexibility index (Phi) is 6.16. The second kappa shape index (κ2) is 9.21. The van der Waals surface area contributed by atoms with Gasteiger partial charge in [-0.05, 0) is 31.1 Å². The van der Waals surface area contributed by atoms with Crippen LogP contribution in [-0.4, -0.2) is 69.4 Å². The number of anilines is 3. The first-order valence-corrected chi connectivity index (χ1v) is 11.6. The van der Waals surface area contributed by atoms with Crippen molar-refractivity contribution in [2.45, 2.75) is 31.8 Å². The van der Waals surface area contributed by atoms with Gasteiger partial charge in [0, 0.05) is 31.9 Å². The van der Waals surface area contributed by atoms with E-state index in [0.717, 1.165) is 64.3 Å². The Labute approximate surface area is 191 Å². The average Bonchev–Trinajstić information content (AvgIpc) is 3.52. The quantitative estimate of drug-likeness (QED) is 0.544. The van der Waals surface area contributed by atoms with E-state index in [2.05, 4.69) is 30.6 Å². The Morgan fingerprint density at radius 2 is 2.03 bits per heavy atom. The van der Waals surface area contributed by atoms with Crippen molar-refractivity contribution in [3.63, 3.8) is 0 Å². The van der Waals surface area contributed by atoms with Crippen LogP contribution in [0.5, 0.6) is 0 Å². The molecule has 2 bridgehead atoms. The number of primary amides is 1. The van der Waals surface area contributed by atoms with Crippen LogP contribution in [0, 0.1) is 17.8 Å². The van der Waals surface area contributed by atoms with Gasteiger partial charge in [-0.3, -0.25) is 14.4 Å². The number of carbonyl (C=O) groups excluding carboxylic acids is 1. The maximum atomic E-state index is 12.0. The summed E-state index contributed by atoms with van der Waals surface area (Å²) in [6.07, 6.45) is 8.45. The van der Waals surface area contributed by atoms with Crippen LogP contribution in [0.4, 0.5) is 17.5 Å². The molecule has 1 amide bonds. The van der Waals surface area contributed by atoms with E-state index in [1.165, 1.54) is 0 Å². The molecule has 1 saturated heterocycles. The summed E-state index contributed by atoms with van der Waals surface area (Å²) in [6.45, 7) is 5.23. The topological polar surface area (TPSA) is 123 Å². The molecule has 32 heavy (non-hydrogen) atoms. The van der Waals surface area contributed by atoms with E-state index in [1.807, 2.05) is 10.9 Å². The number of nitrogens with one attached hydrogen (secondary N) is 2. The first-order chi connectivity index (χ1) is 15.6. The van der Waals surface area contributed by atoms with Crippen LogP contribution in [0.1, 0.15) is 19.3 Å². The lowest BCUT2D eigenvalue weighted by molar-refractivity contribution is -0.123. The Bertz CT molecular complexity index is 963. The van der Waals surface area contributed by atoms with Crippen molar-refractivity contribution in [1.82, 2.24) is 24.6 Å². The normalized spacial score (nSPS) is 27.5. The van der Waals surface area contributed by atoms with Gasteiger partial charge in [0.1, 0.15) is 5.02 Å². The van der Waals surface area contributed by atoms with Crippen LogP contribution in [-0.2, 0) is 16.1 Å². The van der Waals surface area contributed by atoms with Gasteiger partial charge in [0.25, 0.3) is 0 Å². The summed E-state index contributed by atoms with van der Waals surface area (Å²) in [5, 5.41) is 11.4. The summed E-state index contributed by atoms with van der Waals surface area (Å²) in [4.78, 5) is 23.3. The number of amides is 1. The molecule has 2 aliphatic carbocycles. The van der Waals surface area contributed by atoms with Gasteiger partial charge in [-0.15, -0.1) is 0 Å². The highest BCUT2D eigenvalue weighted by Gasteiger charge is 2.50. The molecule has 3 fully saturated rings. The molecule has 4 atom stereocenters. The van der Waals surface area contributed by atoms with Gasteiger partial charge in [-0.25, -0.2) is 4.98 Å². The fraction of sp³-hybridized carbons (Fsp3) is 0.619. The van der Waals surface area contributed by atoms with E-state index in [4.69, 9.17) is 22.1 Å². The van der Waals surface area contributed by atoms with Crippen LogP contribution in [0.2, 0.25) is 5.02 Å². The van der Waals surface area contributed by atoms with E-state index in [-0.39, 0.29) is 17.9 Å². The number of morpholine rings is 1.